The number of hydrogen-bond donors (Lipinski definition) is 4. The maximum Gasteiger partial charge on any atom is 0.490 e. The van der Waals surface area contributed by atoms with Crippen LogP contribution in [0.2, 0.25) is 5.02 Å². The first kappa shape index (κ1) is 37.6. The van der Waals surface area contributed by atoms with E-state index < -0.39 is 41.4 Å². The van der Waals surface area contributed by atoms with Crippen LogP contribution in [-0.4, -0.2) is 73.7 Å². The summed E-state index contributed by atoms with van der Waals surface area (Å²) < 4.78 is 80.0. The van der Waals surface area contributed by atoms with Crippen molar-refractivity contribution >= 4 is 35.1 Å². The molecule has 250 valence electrons. The number of ether oxygens (including phenoxy) is 1. The van der Waals surface area contributed by atoms with E-state index in [1.165, 1.54) is 29.8 Å². The molecule has 19 heteroatoms. The van der Waals surface area contributed by atoms with Gasteiger partial charge in [0.25, 0.3) is 11.8 Å². The van der Waals surface area contributed by atoms with Gasteiger partial charge in [-0.3, -0.25) is 14.3 Å². The minimum atomic E-state index is -5.08. The van der Waals surface area contributed by atoms with Gasteiger partial charge in [-0.2, -0.15) is 31.4 Å². The summed E-state index contributed by atoms with van der Waals surface area (Å²) >= 11 is 6.25. The summed E-state index contributed by atoms with van der Waals surface area (Å²) in [6, 6.07) is 4.26. The number of terminal acetylenes is 1. The number of benzene rings is 1. The SMILES string of the molecule is C#CCn1cc(-c2cnc(C(=O)Nc3ccc(C(=O)NCCOCC(C)(C)N)c(Cl)c3)n2C)c(C(F)(F)F)n1.O=C(O)C(F)(F)F. The van der Waals surface area contributed by atoms with Gasteiger partial charge in [0.2, 0.25) is 0 Å². The Hall–Kier alpha value is -4.60. The Morgan fingerprint density at radius 3 is 2.30 bits per heavy atom. The van der Waals surface area contributed by atoms with Gasteiger partial charge >= 0.3 is 18.3 Å². The highest BCUT2D eigenvalue weighted by Crippen LogP contribution is 2.36. The number of carboxylic acids is 1. The maximum atomic E-state index is 13.6. The van der Waals surface area contributed by atoms with Gasteiger partial charge in [-0.25, -0.2) is 9.78 Å². The van der Waals surface area contributed by atoms with Crippen LogP contribution < -0.4 is 16.4 Å². The van der Waals surface area contributed by atoms with Crippen molar-refractivity contribution in [2.24, 2.45) is 12.8 Å². The molecule has 3 rings (SSSR count). The number of imidazole rings is 1. The third-order valence-corrected chi connectivity index (χ3v) is 5.78. The third kappa shape index (κ3) is 10.8. The average Bonchev–Trinajstić information content (AvgIpc) is 3.51. The molecular weight excluding hydrogens is 652 g/mol. The second kappa shape index (κ2) is 15.1. The molecule has 2 heterocycles. The number of hydrogen-bond acceptors (Lipinski definition) is 7. The molecule has 2 aromatic heterocycles. The first-order chi connectivity index (χ1) is 21.2. The Balaban J connectivity index is 0.000000942. The number of carbonyl (C=O) groups is 3. The second-order valence-corrected chi connectivity index (χ2v) is 10.5. The number of carboxylic acid groups (broad SMARTS) is 1. The fraction of sp³-hybridized carbons (Fsp3) is 0.370. The smallest absolute Gasteiger partial charge is 0.475 e. The van der Waals surface area contributed by atoms with Gasteiger partial charge in [-0.05, 0) is 32.0 Å². The maximum absolute atomic E-state index is 13.6. The molecule has 0 aliphatic heterocycles. The first-order valence-electron chi connectivity index (χ1n) is 12.8. The van der Waals surface area contributed by atoms with Crippen LogP contribution >= 0.6 is 11.6 Å². The molecule has 0 radical (unpaired) electrons. The molecule has 0 saturated heterocycles. The zero-order valence-electron chi connectivity index (χ0n) is 24.4. The van der Waals surface area contributed by atoms with E-state index in [2.05, 4.69) is 26.6 Å². The summed E-state index contributed by atoms with van der Waals surface area (Å²) in [5, 5.41) is 16.0. The zero-order chi connectivity index (χ0) is 35.0. The second-order valence-electron chi connectivity index (χ2n) is 10.1. The summed E-state index contributed by atoms with van der Waals surface area (Å²) in [7, 11) is 1.40. The lowest BCUT2D eigenvalue weighted by molar-refractivity contribution is -0.192. The molecule has 0 aliphatic rings. The molecule has 46 heavy (non-hydrogen) atoms. The molecule has 12 nitrogen and oxygen atoms in total. The van der Waals surface area contributed by atoms with Crippen molar-refractivity contribution in [3.05, 3.63) is 52.7 Å². The average molecular weight is 680 g/mol. The largest absolute Gasteiger partial charge is 0.490 e. The van der Waals surface area contributed by atoms with E-state index in [-0.39, 0.29) is 53.1 Å². The monoisotopic (exact) mass is 679 g/mol. The van der Waals surface area contributed by atoms with E-state index in [0.717, 1.165) is 17.1 Å². The standard InChI is InChI=1S/C25H27ClF3N7O3.C2HF3O2/c1-5-9-36-13-17(20(34-36)25(27,28)29)19-12-32-21(35(19)4)23(38)33-15-6-7-16(18(26)11-15)22(37)31-8-10-39-14-24(2,3)30;3-2(4,5)1(6)7/h1,6-7,11-13H,8-10,14,30H2,2-4H3,(H,31,37)(H,33,38);(H,6,7). The van der Waals surface area contributed by atoms with Gasteiger partial charge in [0, 0.05) is 31.0 Å². The molecule has 3 aromatic rings. The lowest BCUT2D eigenvalue weighted by Gasteiger charge is -2.18. The summed E-state index contributed by atoms with van der Waals surface area (Å²) in [6.07, 6.45) is -2.35. The normalized spacial score (nSPS) is 11.7. The van der Waals surface area contributed by atoms with Crippen LogP contribution in [0.15, 0.2) is 30.6 Å². The number of aromatic nitrogens is 4. The number of rotatable bonds is 10. The Morgan fingerprint density at radius 1 is 1.15 bits per heavy atom. The Morgan fingerprint density at radius 2 is 1.78 bits per heavy atom. The van der Waals surface area contributed by atoms with E-state index >= 15 is 0 Å². The van der Waals surface area contributed by atoms with Crippen molar-refractivity contribution in [1.29, 1.82) is 0 Å². The Bertz CT molecular complexity index is 1600. The minimum absolute atomic E-state index is 0.0137. The number of carbonyl (C=O) groups excluding carboxylic acids is 2. The fourth-order valence-electron chi connectivity index (χ4n) is 3.49. The first-order valence-corrected chi connectivity index (χ1v) is 13.2. The summed E-state index contributed by atoms with van der Waals surface area (Å²) in [4.78, 5) is 38.2. The van der Waals surface area contributed by atoms with Crippen LogP contribution in [-0.2, 0) is 29.3 Å². The fourth-order valence-corrected chi connectivity index (χ4v) is 3.76. The molecule has 0 unspecified atom stereocenters. The number of nitrogens with zero attached hydrogens (tertiary/aromatic N) is 4. The number of aliphatic carboxylic acids is 1. The quantitative estimate of drug-likeness (QED) is 0.142. The lowest BCUT2D eigenvalue weighted by atomic mass is 10.1. The van der Waals surface area contributed by atoms with E-state index in [1.54, 1.807) is 0 Å². The summed E-state index contributed by atoms with van der Waals surface area (Å²) in [6.45, 7) is 4.30. The Kier molecular flexibility index (Phi) is 12.4. The lowest BCUT2D eigenvalue weighted by Crippen LogP contribution is -2.38. The summed E-state index contributed by atoms with van der Waals surface area (Å²) in [5.74, 6) is -1.84. The predicted molar refractivity (Wildman–Crippen MR) is 153 cm³/mol. The molecular formula is C27H28ClF6N7O5. The third-order valence-electron chi connectivity index (χ3n) is 5.47. The number of alkyl halides is 6. The van der Waals surface area contributed by atoms with Crippen molar-refractivity contribution in [2.75, 3.05) is 25.1 Å². The van der Waals surface area contributed by atoms with Crippen LogP contribution in [0.3, 0.4) is 0 Å². The molecule has 2 amide bonds. The van der Waals surface area contributed by atoms with Gasteiger partial charge < -0.3 is 30.8 Å². The van der Waals surface area contributed by atoms with Crippen molar-refractivity contribution in [3.63, 3.8) is 0 Å². The van der Waals surface area contributed by atoms with Gasteiger partial charge in [0.1, 0.15) is 6.54 Å². The molecule has 0 aliphatic carbocycles. The molecule has 0 spiro atoms. The van der Waals surface area contributed by atoms with Crippen LogP contribution in [0.25, 0.3) is 11.3 Å². The zero-order valence-corrected chi connectivity index (χ0v) is 25.1. The van der Waals surface area contributed by atoms with Gasteiger partial charge in [0.05, 0.1) is 41.3 Å². The van der Waals surface area contributed by atoms with Crippen molar-refractivity contribution in [1.82, 2.24) is 24.6 Å². The van der Waals surface area contributed by atoms with Crippen LogP contribution in [0.4, 0.5) is 32.0 Å². The summed E-state index contributed by atoms with van der Waals surface area (Å²) in [5.41, 5.74) is 4.36. The van der Waals surface area contributed by atoms with Crippen LogP contribution in [0, 0.1) is 12.3 Å². The van der Waals surface area contributed by atoms with Crippen molar-refractivity contribution in [3.8, 4) is 23.6 Å². The molecule has 0 fully saturated rings. The molecule has 5 N–H and O–H groups in total. The van der Waals surface area contributed by atoms with E-state index in [1.807, 2.05) is 13.8 Å². The topological polar surface area (TPSA) is 166 Å². The molecule has 0 bridgehead atoms. The highest BCUT2D eigenvalue weighted by atomic mass is 35.5. The highest BCUT2D eigenvalue weighted by molar-refractivity contribution is 6.34. The number of nitrogens with one attached hydrogen (secondary N) is 2. The van der Waals surface area contributed by atoms with Crippen molar-refractivity contribution < 1.29 is 50.6 Å². The van der Waals surface area contributed by atoms with Crippen molar-refractivity contribution in [2.45, 2.75) is 38.3 Å². The van der Waals surface area contributed by atoms with E-state index in [0.29, 0.717) is 6.61 Å². The van der Waals surface area contributed by atoms with E-state index in [4.69, 9.17) is 38.4 Å². The number of amides is 2. The van der Waals surface area contributed by atoms with Gasteiger partial charge in [-0.15, -0.1) is 6.42 Å². The van der Waals surface area contributed by atoms with Crippen LogP contribution in [0.5, 0.6) is 0 Å². The van der Waals surface area contributed by atoms with Crippen LogP contribution in [0.1, 0.15) is 40.5 Å². The van der Waals surface area contributed by atoms with E-state index in [9.17, 15) is 35.9 Å². The van der Waals surface area contributed by atoms with Gasteiger partial charge in [-0.1, -0.05) is 17.5 Å². The van der Waals surface area contributed by atoms with Gasteiger partial charge in [0.15, 0.2) is 11.5 Å². The number of nitrogens with two attached hydrogens (primary N) is 1. The Labute approximate surface area is 262 Å². The molecule has 1 aromatic carbocycles. The molecule has 0 atom stereocenters. The number of anilines is 1. The minimum Gasteiger partial charge on any atom is -0.475 e. The molecule has 0 saturated carbocycles. The highest BCUT2D eigenvalue weighted by Gasteiger charge is 2.39. The number of halogens is 7. The predicted octanol–water partition coefficient (Wildman–Crippen LogP) is 3.96.